The molecule has 0 aliphatic carbocycles. The van der Waals surface area contributed by atoms with Crippen LogP contribution in [0.1, 0.15) is 35.0 Å². The minimum absolute atomic E-state index is 0.0678. The standard InChI is InChI=1S/C22H19FN2O3S2/c1-3-28-22(27)19-13(2)25-21(16(11-24)20(19)18-5-4-10-29-18)30-12-17(26)14-6-8-15(23)9-7-14/h4-10,20,25H,3,12H2,1-2H3. The maximum absolute atomic E-state index is 13.1. The second kappa shape index (κ2) is 9.74. The molecule has 0 bridgehead atoms. The summed E-state index contributed by atoms with van der Waals surface area (Å²) in [6, 6.07) is 11.3. The number of carbonyl (C=O) groups excluding carboxylic acids is 2. The predicted molar refractivity (Wildman–Crippen MR) is 115 cm³/mol. The van der Waals surface area contributed by atoms with Crippen LogP contribution in [-0.4, -0.2) is 24.1 Å². The van der Waals surface area contributed by atoms with Crippen molar-refractivity contribution in [3.8, 4) is 6.07 Å². The molecule has 5 nitrogen and oxygen atoms in total. The number of Topliss-reactive ketones (excluding diaryl/α,β-unsaturated/α-hetero) is 1. The zero-order chi connectivity index (χ0) is 21.7. The molecule has 2 aromatic rings. The molecule has 0 spiro atoms. The molecule has 3 rings (SSSR count). The smallest absolute Gasteiger partial charge is 0.336 e. The monoisotopic (exact) mass is 442 g/mol. The van der Waals surface area contributed by atoms with Crippen LogP contribution in [0.15, 0.2) is 63.7 Å². The van der Waals surface area contributed by atoms with Crippen molar-refractivity contribution in [3.05, 3.63) is 79.9 Å². The highest BCUT2D eigenvalue weighted by molar-refractivity contribution is 8.03. The topological polar surface area (TPSA) is 79.2 Å². The fourth-order valence-electron chi connectivity index (χ4n) is 3.10. The molecule has 1 aliphatic heterocycles. The third kappa shape index (κ3) is 4.64. The van der Waals surface area contributed by atoms with Gasteiger partial charge in [-0.2, -0.15) is 5.26 Å². The van der Waals surface area contributed by atoms with Gasteiger partial charge in [-0.1, -0.05) is 17.8 Å². The highest BCUT2D eigenvalue weighted by Gasteiger charge is 2.36. The largest absolute Gasteiger partial charge is 0.463 e. The Morgan fingerprint density at radius 3 is 2.63 bits per heavy atom. The number of dihydropyridines is 1. The number of thioether (sulfide) groups is 1. The quantitative estimate of drug-likeness (QED) is 0.492. The van der Waals surface area contributed by atoms with Gasteiger partial charge in [-0.25, -0.2) is 9.18 Å². The lowest BCUT2D eigenvalue weighted by Crippen LogP contribution is -2.28. The molecule has 154 valence electrons. The van der Waals surface area contributed by atoms with Crippen LogP contribution < -0.4 is 5.32 Å². The van der Waals surface area contributed by atoms with Gasteiger partial charge in [0.25, 0.3) is 0 Å². The average molecular weight is 443 g/mol. The first kappa shape index (κ1) is 21.8. The number of ether oxygens (including phenoxy) is 1. The van der Waals surface area contributed by atoms with E-state index in [4.69, 9.17) is 4.74 Å². The number of nitrogens with zero attached hydrogens (tertiary/aromatic N) is 1. The van der Waals surface area contributed by atoms with Gasteiger partial charge < -0.3 is 10.1 Å². The van der Waals surface area contributed by atoms with E-state index in [1.54, 1.807) is 13.8 Å². The fourth-order valence-corrected chi connectivity index (χ4v) is 4.93. The van der Waals surface area contributed by atoms with Crippen molar-refractivity contribution >= 4 is 34.9 Å². The molecule has 30 heavy (non-hydrogen) atoms. The van der Waals surface area contributed by atoms with Gasteiger partial charge in [0.05, 0.1) is 40.5 Å². The van der Waals surface area contributed by atoms with Crippen molar-refractivity contribution in [1.82, 2.24) is 5.32 Å². The van der Waals surface area contributed by atoms with Gasteiger partial charge in [-0.3, -0.25) is 4.79 Å². The Balaban J connectivity index is 1.91. The van der Waals surface area contributed by atoms with Crippen LogP contribution in [0.2, 0.25) is 0 Å². The van der Waals surface area contributed by atoms with E-state index in [1.807, 2.05) is 17.5 Å². The molecular formula is C22H19FN2O3S2. The third-order valence-corrected chi connectivity index (χ3v) is 6.44. The van der Waals surface area contributed by atoms with Gasteiger partial charge in [-0.15, -0.1) is 11.3 Å². The Kier molecular flexibility index (Phi) is 7.08. The lowest BCUT2D eigenvalue weighted by Gasteiger charge is -2.28. The molecule has 0 amide bonds. The minimum atomic E-state index is -0.557. The Labute approximate surface area is 182 Å². The fraction of sp³-hybridized carbons (Fsp3) is 0.227. The van der Waals surface area contributed by atoms with E-state index in [0.717, 1.165) is 4.88 Å². The zero-order valence-electron chi connectivity index (χ0n) is 16.4. The van der Waals surface area contributed by atoms with Crippen molar-refractivity contribution in [1.29, 1.82) is 5.26 Å². The van der Waals surface area contributed by atoms with E-state index in [2.05, 4.69) is 11.4 Å². The molecule has 1 aliphatic rings. The predicted octanol–water partition coefficient (Wildman–Crippen LogP) is 4.76. The average Bonchev–Trinajstić information content (AvgIpc) is 3.26. The van der Waals surface area contributed by atoms with Gasteiger partial charge in [0.2, 0.25) is 0 Å². The first-order chi connectivity index (χ1) is 14.5. The normalized spacial score (nSPS) is 16.1. The lowest BCUT2D eigenvalue weighted by molar-refractivity contribution is -0.138. The number of carbonyl (C=O) groups is 2. The second-order valence-corrected chi connectivity index (χ2v) is 8.37. The van der Waals surface area contributed by atoms with E-state index in [-0.39, 0.29) is 18.1 Å². The summed E-state index contributed by atoms with van der Waals surface area (Å²) >= 11 is 2.64. The van der Waals surface area contributed by atoms with Gasteiger partial charge in [0.1, 0.15) is 5.82 Å². The van der Waals surface area contributed by atoms with E-state index >= 15 is 0 Å². The van der Waals surface area contributed by atoms with Crippen LogP contribution in [0.25, 0.3) is 0 Å². The van der Waals surface area contributed by atoms with E-state index in [0.29, 0.717) is 27.4 Å². The summed E-state index contributed by atoms with van der Waals surface area (Å²) in [5.74, 6) is -1.55. The highest BCUT2D eigenvalue weighted by atomic mass is 32.2. The second-order valence-electron chi connectivity index (χ2n) is 6.41. The molecular weight excluding hydrogens is 423 g/mol. The molecule has 1 atom stereocenters. The van der Waals surface area contributed by atoms with Crippen molar-refractivity contribution < 1.29 is 18.7 Å². The zero-order valence-corrected chi connectivity index (χ0v) is 18.0. The summed E-state index contributed by atoms with van der Waals surface area (Å²) in [4.78, 5) is 26.0. The van der Waals surface area contributed by atoms with E-state index in [9.17, 15) is 19.2 Å². The number of thiophene rings is 1. The SMILES string of the molecule is CCOC(=O)C1=C(C)NC(SCC(=O)c2ccc(F)cc2)=C(C#N)C1c1cccs1. The van der Waals surface area contributed by atoms with Gasteiger partial charge in [-0.05, 0) is 49.6 Å². The summed E-state index contributed by atoms with van der Waals surface area (Å²) in [6.07, 6.45) is 0. The molecule has 1 N–H and O–H groups in total. The first-order valence-electron chi connectivity index (χ1n) is 9.20. The number of nitriles is 1. The number of rotatable bonds is 7. The minimum Gasteiger partial charge on any atom is -0.463 e. The molecule has 0 radical (unpaired) electrons. The number of hydrogen-bond acceptors (Lipinski definition) is 7. The van der Waals surface area contributed by atoms with Gasteiger partial charge in [0, 0.05) is 16.1 Å². The molecule has 8 heteroatoms. The van der Waals surface area contributed by atoms with Crippen LogP contribution >= 0.6 is 23.1 Å². The Hall–Kier alpha value is -2.89. The number of halogens is 1. The van der Waals surface area contributed by atoms with Crippen LogP contribution in [0.3, 0.4) is 0 Å². The molecule has 1 unspecified atom stereocenters. The number of benzene rings is 1. The van der Waals surface area contributed by atoms with E-state index in [1.165, 1.54) is 47.4 Å². The van der Waals surface area contributed by atoms with Crippen LogP contribution in [-0.2, 0) is 9.53 Å². The Morgan fingerprint density at radius 1 is 1.30 bits per heavy atom. The first-order valence-corrected chi connectivity index (χ1v) is 11.1. The third-order valence-electron chi connectivity index (χ3n) is 4.48. The molecule has 1 aromatic heterocycles. The van der Waals surface area contributed by atoms with Crippen LogP contribution in [0, 0.1) is 17.1 Å². The Morgan fingerprint density at radius 2 is 2.03 bits per heavy atom. The summed E-state index contributed by atoms with van der Waals surface area (Å²) in [5.41, 5.74) is 1.74. The van der Waals surface area contributed by atoms with Crippen molar-refractivity contribution in [2.45, 2.75) is 19.8 Å². The van der Waals surface area contributed by atoms with E-state index < -0.39 is 17.7 Å². The van der Waals surface area contributed by atoms with Gasteiger partial charge >= 0.3 is 5.97 Å². The molecule has 2 heterocycles. The summed E-state index contributed by atoms with van der Waals surface area (Å²) in [7, 11) is 0. The van der Waals surface area contributed by atoms with Crippen molar-refractivity contribution in [2.75, 3.05) is 12.4 Å². The summed E-state index contributed by atoms with van der Waals surface area (Å²) < 4.78 is 18.3. The maximum atomic E-state index is 13.1. The van der Waals surface area contributed by atoms with Crippen LogP contribution in [0.4, 0.5) is 4.39 Å². The number of esters is 1. The number of hydrogen-bond donors (Lipinski definition) is 1. The number of nitrogens with one attached hydrogen (secondary N) is 1. The van der Waals surface area contributed by atoms with Crippen molar-refractivity contribution in [2.24, 2.45) is 0 Å². The molecule has 0 saturated heterocycles. The summed E-state index contributed by atoms with van der Waals surface area (Å²) in [6.45, 7) is 3.71. The van der Waals surface area contributed by atoms with Gasteiger partial charge in [0.15, 0.2) is 5.78 Å². The highest BCUT2D eigenvalue weighted by Crippen LogP contribution is 2.42. The molecule has 0 fully saturated rings. The Bertz CT molecular complexity index is 1050. The van der Waals surface area contributed by atoms with Crippen molar-refractivity contribution in [3.63, 3.8) is 0 Å². The lowest BCUT2D eigenvalue weighted by atomic mass is 9.87. The number of allylic oxidation sites excluding steroid dienone is 2. The summed E-state index contributed by atoms with van der Waals surface area (Å²) in [5, 5.41) is 15.4. The van der Waals surface area contributed by atoms with Crippen LogP contribution in [0.5, 0.6) is 0 Å². The maximum Gasteiger partial charge on any atom is 0.336 e. The molecule has 0 saturated carbocycles. The molecule has 1 aromatic carbocycles. The number of ketones is 1.